The van der Waals surface area contributed by atoms with Gasteiger partial charge >= 0.3 is 6.03 Å². The smallest absolute Gasteiger partial charge is 0.312 e. The summed E-state index contributed by atoms with van der Waals surface area (Å²) in [5, 5.41) is 14.3. The minimum absolute atomic E-state index is 0.0544. The molecule has 3 atom stereocenters. The molecule has 0 aromatic carbocycles. The molecule has 0 saturated heterocycles. The first-order valence-electron chi connectivity index (χ1n) is 5.78. The molecular formula is C11H23N3O3. The number of amides is 3. The van der Waals surface area contributed by atoms with Crippen molar-refractivity contribution in [3.8, 4) is 0 Å². The van der Waals surface area contributed by atoms with Crippen molar-refractivity contribution in [1.82, 2.24) is 10.6 Å². The number of carbonyl (C=O) groups excluding carboxylic acids is 2. The molecule has 0 aromatic heterocycles. The Labute approximate surface area is 102 Å². The number of carbonyl (C=O) groups is 2. The third-order valence-electron chi connectivity index (χ3n) is 2.33. The van der Waals surface area contributed by atoms with Gasteiger partial charge in [0.1, 0.15) is 6.04 Å². The molecule has 0 saturated carbocycles. The summed E-state index contributed by atoms with van der Waals surface area (Å²) in [6.45, 7) is 7.09. The zero-order chi connectivity index (χ0) is 13.6. The molecular weight excluding hydrogens is 222 g/mol. The summed E-state index contributed by atoms with van der Waals surface area (Å²) >= 11 is 0. The lowest BCUT2D eigenvalue weighted by Gasteiger charge is -2.23. The SMILES string of the molecule is CC(O)CC(C)NC(=O)C(NC(N)=O)C(C)C. The standard InChI is InChI=1S/C11H23N3O3/c1-6(2)9(14-11(12)17)10(16)13-7(3)5-8(4)15/h6-9,15H,5H2,1-4H3,(H,13,16)(H3,12,14,17). The molecule has 0 radical (unpaired) electrons. The van der Waals surface area contributed by atoms with Crippen LogP contribution < -0.4 is 16.4 Å². The second-order valence-electron chi connectivity index (χ2n) is 4.72. The van der Waals surface area contributed by atoms with E-state index in [1.165, 1.54) is 0 Å². The quantitative estimate of drug-likeness (QED) is 0.527. The van der Waals surface area contributed by atoms with Crippen LogP contribution in [0.2, 0.25) is 0 Å². The number of nitrogens with one attached hydrogen (secondary N) is 2. The Balaban J connectivity index is 4.37. The largest absolute Gasteiger partial charge is 0.393 e. The third-order valence-corrected chi connectivity index (χ3v) is 2.33. The van der Waals surface area contributed by atoms with Crippen LogP contribution in [-0.2, 0) is 4.79 Å². The van der Waals surface area contributed by atoms with E-state index in [1.807, 2.05) is 13.8 Å². The number of aliphatic hydroxyl groups is 1. The first-order chi connectivity index (χ1) is 7.73. The predicted molar refractivity (Wildman–Crippen MR) is 65.2 cm³/mol. The van der Waals surface area contributed by atoms with Crippen molar-refractivity contribution in [2.24, 2.45) is 11.7 Å². The van der Waals surface area contributed by atoms with Crippen LogP contribution in [0.15, 0.2) is 0 Å². The van der Waals surface area contributed by atoms with Crippen LogP contribution in [-0.4, -0.2) is 35.2 Å². The molecule has 0 aliphatic carbocycles. The van der Waals surface area contributed by atoms with Gasteiger partial charge in [0.25, 0.3) is 0 Å². The van der Waals surface area contributed by atoms with E-state index in [1.54, 1.807) is 13.8 Å². The van der Waals surface area contributed by atoms with Crippen LogP contribution in [0.3, 0.4) is 0 Å². The zero-order valence-electron chi connectivity index (χ0n) is 10.9. The fraction of sp³-hybridized carbons (Fsp3) is 0.818. The monoisotopic (exact) mass is 245 g/mol. The molecule has 0 heterocycles. The van der Waals surface area contributed by atoms with E-state index in [0.29, 0.717) is 6.42 Å². The highest BCUT2D eigenvalue weighted by atomic mass is 16.3. The summed E-state index contributed by atoms with van der Waals surface area (Å²) < 4.78 is 0. The number of hydrogen-bond donors (Lipinski definition) is 4. The lowest BCUT2D eigenvalue weighted by molar-refractivity contribution is -0.124. The second-order valence-corrected chi connectivity index (χ2v) is 4.72. The Bertz CT molecular complexity index is 267. The van der Waals surface area contributed by atoms with E-state index in [9.17, 15) is 14.7 Å². The van der Waals surface area contributed by atoms with Gasteiger partial charge in [-0.15, -0.1) is 0 Å². The molecule has 0 fully saturated rings. The van der Waals surface area contributed by atoms with Gasteiger partial charge in [0.05, 0.1) is 6.10 Å². The first kappa shape index (κ1) is 15.7. The van der Waals surface area contributed by atoms with Crippen molar-refractivity contribution in [3.05, 3.63) is 0 Å². The fourth-order valence-corrected chi connectivity index (χ4v) is 1.59. The van der Waals surface area contributed by atoms with Crippen molar-refractivity contribution < 1.29 is 14.7 Å². The van der Waals surface area contributed by atoms with Crippen molar-refractivity contribution in [2.45, 2.75) is 52.3 Å². The highest BCUT2D eigenvalue weighted by Gasteiger charge is 2.24. The van der Waals surface area contributed by atoms with Crippen molar-refractivity contribution in [2.75, 3.05) is 0 Å². The van der Waals surface area contributed by atoms with Crippen molar-refractivity contribution in [3.63, 3.8) is 0 Å². The Morgan fingerprint density at radius 3 is 2.06 bits per heavy atom. The third kappa shape index (κ3) is 6.78. The van der Waals surface area contributed by atoms with Gasteiger partial charge in [-0.05, 0) is 26.2 Å². The normalized spacial score (nSPS) is 16.1. The molecule has 6 nitrogen and oxygen atoms in total. The molecule has 0 aromatic rings. The van der Waals surface area contributed by atoms with Crippen LogP contribution in [0.5, 0.6) is 0 Å². The number of urea groups is 1. The number of primary amides is 1. The van der Waals surface area contributed by atoms with Gasteiger partial charge in [-0.2, -0.15) is 0 Å². The topological polar surface area (TPSA) is 104 Å². The summed E-state index contributed by atoms with van der Waals surface area (Å²) in [5.74, 6) is -0.340. The molecule has 100 valence electrons. The van der Waals surface area contributed by atoms with Crippen LogP contribution in [0.1, 0.15) is 34.1 Å². The van der Waals surface area contributed by atoms with Crippen LogP contribution >= 0.6 is 0 Å². The van der Waals surface area contributed by atoms with Crippen LogP contribution in [0.25, 0.3) is 0 Å². The van der Waals surface area contributed by atoms with Gasteiger partial charge in [0, 0.05) is 6.04 Å². The average Bonchev–Trinajstić information content (AvgIpc) is 2.11. The summed E-state index contributed by atoms with van der Waals surface area (Å²) in [4.78, 5) is 22.6. The van der Waals surface area contributed by atoms with E-state index >= 15 is 0 Å². The Morgan fingerprint density at radius 2 is 1.71 bits per heavy atom. The first-order valence-corrected chi connectivity index (χ1v) is 5.78. The molecule has 0 bridgehead atoms. The molecule has 3 amide bonds. The number of hydrogen-bond acceptors (Lipinski definition) is 3. The molecule has 0 aliphatic heterocycles. The highest BCUT2D eigenvalue weighted by Crippen LogP contribution is 2.03. The maximum absolute atomic E-state index is 11.8. The fourth-order valence-electron chi connectivity index (χ4n) is 1.59. The van der Waals surface area contributed by atoms with Gasteiger partial charge in [0.15, 0.2) is 0 Å². The van der Waals surface area contributed by atoms with Crippen molar-refractivity contribution >= 4 is 11.9 Å². The Kier molecular flexibility index (Phi) is 6.57. The van der Waals surface area contributed by atoms with Gasteiger partial charge in [-0.25, -0.2) is 4.79 Å². The van der Waals surface area contributed by atoms with Gasteiger partial charge in [-0.1, -0.05) is 13.8 Å². The van der Waals surface area contributed by atoms with E-state index in [2.05, 4.69) is 10.6 Å². The predicted octanol–water partition coefficient (Wildman–Crippen LogP) is -0.0451. The Hall–Kier alpha value is -1.30. The lowest BCUT2D eigenvalue weighted by atomic mass is 10.0. The summed E-state index contributed by atoms with van der Waals surface area (Å²) in [7, 11) is 0. The van der Waals surface area contributed by atoms with Gasteiger partial charge in [-0.3, -0.25) is 4.79 Å². The minimum Gasteiger partial charge on any atom is -0.393 e. The summed E-state index contributed by atoms with van der Waals surface area (Å²) in [6.07, 6.45) is -0.0143. The lowest BCUT2D eigenvalue weighted by Crippen LogP contribution is -2.53. The molecule has 0 aliphatic rings. The van der Waals surface area contributed by atoms with E-state index in [-0.39, 0.29) is 17.9 Å². The summed E-state index contributed by atoms with van der Waals surface area (Å²) in [6, 6.07) is -1.52. The molecule has 5 N–H and O–H groups in total. The van der Waals surface area contributed by atoms with E-state index < -0.39 is 18.2 Å². The summed E-state index contributed by atoms with van der Waals surface area (Å²) in [5.41, 5.74) is 5.01. The maximum Gasteiger partial charge on any atom is 0.312 e. The zero-order valence-corrected chi connectivity index (χ0v) is 10.9. The van der Waals surface area contributed by atoms with Gasteiger partial charge < -0.3 is 21.5 Å². The van der Waals surface area contributed by atoms with Crippen LogP contribution in [0, 0.1) is 5.92 Å². The molecule has 3 unspecified atom stereocenters. The minimum atomic E-state index is -0.720. The van der Waals surface area contributed by atoms with Crippen molar-refractivity contribution in [1.29, 1.82) is 0 Å². The Morgan fingerprint density at radius 1 is 1.18 bits per heavy atom. The van der Waals surface area contributed by atoms with Crippen LogP contribution in [0.4, 0.5) is 4.79 Å². The molecule has 0 spiro atoms. The average molecular weight is 245 g/mol. The molecule has 6 heteroatoms. The molecule has 0 rings (SSSR count). The van der Waals surface area contributed by atoms with E-state index in [4.69, 9.17) is 5.73 Å². The number of rotatable bonds is 6. The number of aliphatic hydroxyl groups excluding tert-OH is 1. The number of nitrogens with two attached hydrogens (primary N) is 1. The van der Waals surface area contributed by atoms with Gasteiger partial charge in [0.2, 0.25) is 5.91 Å². The molecule has 17 heavy (non-hydrogen) atoms. The van der Waals surface area contributed by atoms with E-state index in [0.717, 1.165) is 0 Å². The maximum atomic E-state index is 11.8. The highest BCUT2D eigenvalue weighted by molar-refractivity contribution is 5.86. The second kappa shape index (κ2) is 7.11.